The minimum Gasteiger partial charge on any atom is -0.322 e. The standard InChI is InChI=1S/C21H16ClN3O3S/c1-29(27,28)25-19-10-9-15(24-21(26)16-6-2-3-7-17(16)22)12-14(19)13-20(25)18-8-4-5-11-23-18/h2-13H,1H3,(H,24,26). The van der Waals surface area contributed by atoms with Crippen LogP contribution in [0.1, 0.15) is 10.4 Å². The van der Waals surface area contributed by atoms with Crippen LogP contribution in [0.4, 0.5) is 5.69 Å². The topological polar surface area (TPSA) is 81.1 Å². The van der Waals surface area contributed by atoms with Gasteiger partial charge in [-0.15, -0.1) is 0 Å². The minimum atomic E-state index is -3.58. The average molecular weight is 426 g/mol. The lowest BCUT2D eigenvalue weighted by Crippen LogP contribution is -2.13. The molecule has 146 valence electrons. The van der Waals surface area contributed by atoms with Crippen molar-refractivity contribution in [3.8, 4) is 11.4 Å². The highest BCUT2D eigenvalue weighted by Gasteiger charge is 2.19. The van der Waals surface area contributed by atoms with Gasteiger partial charge in [0.25, 0.3) is 5.91 Å². The number of hydrogen-bond donors (Lipinski definition) is 1. The fourth-order valence-electron chi connectivity index (χ4n) is 3.16. The molecule has 4 aromatic rings. The molecule has 4 rings (SSSR count). The number of carbonyl (C=O) groups is 1. The van der Waals surface area contributed by atoms with Gasteiger partial charge < -0.3 is 5.32 Å². The lowest BCUT2D eigenvalue weighted by atomic mass is 10.2. The van der Waals surface area contributed by atoms with Crippen molar-refractivity contribution >= 4 is 44.1 Å². The van der Waals surface area contributed by atoms with Gasteiger partial charge in [0.15, 0.2) is 0 Å². The number of nitrogens with zero attached hydrogens (tertiary/aromatic N) is 2. The van der Waals surface area contributed by atoms with Crippen molar-refractivity contribution in [3.63, 3.8) is 0 Å². The van der Waals surface area contributed by atoms with Gasteiger partial charge >= 0.3 is 0 Å². The maximum absolute atomic E-state index is 12.5. The van der Waals surface area contributed by atoms with Crippen LogP contribution >= 0.6 is 11.6 Å². The molecule has 0 unspecified atom stereocenters. The van der Waals surface area contributed by atoms with E-state index in [-0.39, 0.29) is 5.91 Å². The van der Waals surface area contributed by atoms with Crippen molar-refractivity contribution in [2.75, 3.05) is 11.6 Å². The number of pyridine rings is 1. The molecule has 0 fully saturated rings. The maximum Gasteiger partial charge on any atom is 0.257 e. The van der Waals surface area contributed by atoms with Gasteiger partial charge in [-0.25, -0.2) is 12.4 Å². The normalized spacial score (nSPS) is 11.5. The summed E-state index contributed by atoms with van der Waals surface area (Å²) in [5, 5.41) is 3.81. The molecule has 0 radical (unpaired) electrons. The SMILES string of the molecule is CS(=O)(=O)n1c(-c2ccccn2)cc2cc(NC(=O)c3ccccc3Cl)ccc21. The van der Waals surface area contributed by atoms with Crippen LogP contribution < -0.4 is 5.32 Å². The Balaban J connectivity index is 1.79. The Kier molecular flexibility index (Phi) is 4.86. The molecule has 0 aliphatic carbocycles. The number of fused-ring (bicyclic) bond motifs is 1. The van der Waals surface area contributed by atoms with E-state index in [0.29, 0.717) is 38.6 Å². The molecular formula is C21H16ClN3O3S. The van der Waals surface area contributed by atoms with Crippen LogP contribution in [-0.4, -0.2) is 29.5 Å². The van der Waals surface area contributed by atoms with E-state index in [2.05, 4.69) is 10.3 Å². The van der Waals surface area contributed by atoms with Crippen molar-refractivity contribution < 1.29 is 13.2 Å². The van der Waals surface area contributed by atoms with E-state index >= 15 is 0 Å². The Labute approximate surface area is 172 Å². The van der Waals surface area contributed by atoms with Crippen LogP contribution in [0.2, 0.25) is 5.02 Å². The second kappa shape index (κ2) is 7.35. The first kappa shape index (κ1) is 19.2. The molecule has 2 aromatic carbocycles. The molecule has 2 aromatic heterocycles. The van der Waals surface area contributed by atoms with E-state index in [4.69, 9.17) is 11.6 Å². The Morgan fingerprint density at radius 1 is 1.03 bits per heavy atom. The average Bonchev–Trinajstić information content (AvgIpc) is 3.08. The Hall–Kier alpha value is -3.16. The molecule has 0 bridgehead atoms. The summed E-state index contributed by atoms with van der Waals surface area (Å²) in [5.41, 5.74) is 2.38. The van der Waals surface area contributed by atoms with E-state index in [9.17, 15) is 13.2 Å². The molecule has 0 saturated carbocycles. The van der Waals surface area contributed by atoms with Crippen molar-refractivity contribution in [1.29, 1.82) is 0 Å². The monoisotopic (exact) mass is 425 g/mol. The predicted octanol–water partition coefficient (Wildman–Crippen LogP) is 4.42. The summed E-state index contributed by atoms with van der Waals surface area (Å²) in [6.45, 7) is 0. The summed E-state index contributed by atoms with van der Waals surface area (Å²) in [6.07, 6.45) is 2.75. The number of anilines is 1. The van der Waals surface area contributed by atoms with Crippen LogP contribution in [0.25, 0.3) is 22.3 Å². The van der Waals surface area contributed by atoms with Gasteiger partial charge in [-0.3, -0.25) is 9.78 Å². The molecule has 1 N–H and O–H groups in total. The first-order valence-electron chi connectivity index (χ1n) is 8.68. The number of amides is 1. The van der Waals surface area contributed by atoms with E-state index in [1.165, 1.54) is 3.97 Å². The van der Waals surface area contributed by atoms with Gasteiger partial charge in [0.2, 0.25) is 10.0 Å². The van der Waals surface area contributed by atoms with Gasteiger partial charge in [0.05, 0.1) is 33.7 Å². The van der Waals surface area contributed by atoms with E-state index in [1.54, 1.807) is 72.9 Å². The van der Waals surface area contributed by atoms with Crippen molar-refractivity contribution in [1.82, 2.24) is 8.96 Å². The Morgan fingerprint density at radius 3 is 2.48 bits per heavy atom. The van der Waals surface area contributed by atoms with Crippen LogP contribution in [0, 0.1) is 0 Å². The predicted molar refractivity (Wildman–Crippen MR) is 115 cm³/mol. The number of hydrogen-bond acceptors (Lipinski definition) is 4. The Bertz CT molecular complexity index is 1330. The molecule has 0 aliphatic heterocycles. The zero-order valence-electron chi connectivity index (χ0n) is 15.3. The molecule has 8 heteroatoms. The number of nitrogens with one attached hydrogen (secondary N) is 1. The summed E-state index contributed by atoms with van der Waals surface area (Å²) in [6, 6.07) is 18.8. The fraction of sp³-hybridized carbons (Fsp3) is 0.0476. The van der Waals surface area contributed by atoms with Crippen molar-refractivity contribution in [3.05, 3.63) is 83.5 Å². The van der Waals surface area contributed by atoms with Crippen molar-refractivity contribution in [2.24, 2.45) is 0 Å². The quantitative estimate of drug-likeness (QED) is 0.525. The summed E-state index contributed by atoms with van der Waals surface area (Å²) in [4.78, 5) is 16.8. The molecule has 29 heavy (non-hydrogen) atoms. The van der Waals surface area contributed by atoms with E-state index < -0.39 is 10.0 Å². The summed E-state index contributed by atoms with van der Waals surface area (Å²) in [5.74, 6) is -0.345. The van der Waals surface area contributed by atoms with E-state index in [0.717, 1.165) is 6.26 Å². The highest BCUT2D eigenvalue weighted by atomic mass is 35.5. The van der Waals surface area contributed by atoms with Crippen molar-refractivity contribution in [2.45, 2.75) is 0 Å². The van der Waals surface area contributed by atoms with Crippen LogP contribution in [0.5, 0.6) is 0 Å². The molecule has 0 saturated heterocycles. The van der Waals surface area contributed by atoms with Gasteiger partial charge in [-0.05, 0) is 48.5 Å². The molecular weight excluding hydrogens is 410 g/mol. The first-order valence-corrected chi connectivity index (χ1v) is 10.9. The molecule has 6 nitrogen and oxygen atoms in total. The lowest BCUT2D eigenvalue weighted by molar-refractivity contribution is 0.102. The third kappa shape index (κ3) is 3.74. The van der Waals surface area contributed by atoms with E-state index in [1.807, 2.05) is 0 Å². The van der Waals surface area contributed by atoms with Crippen LogP contribution in [0.15, 0.2) is 72.9 Å². The second-order valence-electron chi connectivity index (χ2n) is 6.48. The second-order valence-corrected chi connectivity index (χ2v) is 8.72. The zero-order chi connectivity index (χ0) is 20.6. The van der Waals surface area contributed by atoms with Crippen LogP contribution in [0.3, 0.4) is 0 Å². The minimum absolute atomic E-state index is 0.345. The maximum atomic E-state index is 12.5. The highest BCUT2D eigenvalue weighted by molar-refractivity contribution is 7.89. The molecule has 0 atom stereocenters. The molecule has 0 spiro atoms. The van der Waals surface area contributed by atoms with Gasteiger partial charge in [-0.1, -0.05) is 29.8 Å². The van der Waals surface area contributed by atoms with Gasteiger partial charge in [-0.2, -0.15) is 0 Å². The lowest BCUT2D eigenvalue weighted by Gasteiger charge is -2.09. The largest absolute Gasteiger partial charge is 0.322 e. The zero-order valence-corrected chi connectivity index (χ0v) is 16.9. The number of rotatable bonds is 4. The fourth-order valence-corrected chi connectivity index (χ4v) is 4.41. The third-order valence-corrected chi connectivity index (χ3v) is 5.78. The number of halogens is 1. The molecule has 1 amide bonds. The molecule has 0 aliphatic rings. The summed E-state index contributed by atoms with van der Waals surface area (Å²) in [7, 11) is -3.58. The first-order chi connectivity index (χ1) is 13.8. The molecule has 2 heterocycles. The number of aromatic nitrogens is 2. The smallest absolute Gasteiger partial charge is 0.257 e. The van der Waals surface area contributed by atoms with Gasteiger partial charge in [0.1, 0.15) is 0 Å². The summed E-state index contributed by atoms with van der Waals surface area (Å²) >= 11 is 6.08. The number of benzene rings is 2. The third-order valence-electron chi connectivity index (χ3n) is 4.39. The highest BCUT2D eigenvalue weighted by Crippen LogP contribution is 2.30. The Morgan fingerprint density at radius 2 is 1.79 bits per heavy atom. The van der Waals surface area contributed by atoms with Gasteiger partial charge in [0, 0.05) is 17.3 Å². The van der Waals surface area contributed by atoms with Crippen LogP contribution in [-0.2, 0) is 10.0 Å². The number of carbonyl (C=O) groups excluding carboxylic acids is 1. The summed E-state index contributed by atoms with van der Waals surface area (Å²) < 4.78 is 26.1.